The zero-order chi connectivity index (χ0) is 20.8. The molecule has 5 nitrogen and oxygen atoms in total. The fourth-order valence-electron chi connectivity index (χ4n) is 3.99. The van der Waals surface area contributed by atoms with E-state index in [1.807, 2.05) is 39.0 Å². The first-order chi connectivity index (χ1) is 13.7. The summed E-state index contributed by atoms with van der Waals surface area (Å²) in [5.41, 5.74) is 5.61. The number of rotatable bonds is 4. The van der Waals surface area contributed by atoms with Crippen LogP contribution in [0.3, 0.4) is 0 Å². The van der Waals surface area contributed by atoms with Crippen molar-refractivity contribution >= 4 is 22.7 Å². The number of aromatic nitrogens is 2. The number of aryl methyl sites for hydroxylation is 2. The SMILES string of the molecule is CC(=O)c1nn(CC(=O)OC(C)(C)C)c2ccc(-c3ccc4c(c3)CCC4)cc12. The smallest absolute Gasteiger partial charge is 0.328 e. The van der Waals surface area contributed by atoms with Crippen LogP contribution in [0.25, 0.3) is 22.0 Å². The number of ketones is 1. The number of carbonyl (C=O) groups is 2. The zero-order valence-corrected chi connectivity index (χ0v) is 17.4. The molecule has 0 amide bonds. The molecule has 4 rings (SSSR count). The fourth-order valence-corrected chi connectivity index (χ4v) is 3.99. The Morgan fingerprint density at radius 3 is 2.45 bits per heavy atom. The monoisotopic (exact) mass is 390 g/mol. The van der Waals surface area contributed by atoms with Crippen LogP contribution in [0.15, 0.2) is 36.4 Å². The van der Waals surface area contributed by atoms with Crippen molar-refractivity contribution in [3.63, 3.8) is 0 Å². The van der Waals surface area contributed by atoms with Gasteiger partial charge in [0, 0.05) is 12.3 Å². The molecule has 0 saturated carbocycles. The molecule has 150 valence electrons. The molecule has 0 spiro atoms. The number of esters is 1. The number of ether oxygens (including phenoxy) is 1. The van der Waals surface area contributed by atoms with E-state index in [9.17, 15) is 9.59 Å². The molecule has 0 radical (unpaired) electrons. The number of carbonyl (C=O) groups excluding carboxylic acids is 2. The number of fused-ring (bicyclic) bond motifs is 2. The van der Waals surface area contributed by atoms with Crippen LogP contribution in [0.4, 0.5) is 0 Å². The summed E-state index contributed by atoms with van der Waals surface area (Å²) in [4.78, 5) is 24.5. The zero-order valence-electron chi connectivity index (χ0n) is 17.4. The van der Waals surface area contributed by atoms with Crippen LogP contribution in [0.5, 0.6) is 0 Å². The molecule has 1 aromatic heterocycles. The first-order valence-corrected chi connectivity index (χ1v) is 10.1. The van der Waals surface area contributed by atoms with Crippen LogP contribution in [0.2, 0.25) is 0 Å². The van der Waals surface area contributed by atoms with Crippen LogP contribution in [0.1, 0.15) is 55.7 Å². The van der Waals surface area contributed by atoms with Gasteiger partial charge in [-0.3, -0.25) is 14.3 Å². The third kappa shape index (κ3) is 3.95. The molecule has 0 aliphatic heterocycles. The molecule has 0 N–H and O–H groups in total. The normalized spacial score (nSPS) is 13.5. The maximum Gasteiger partial charge on any atom is 0.328 e. The summed E-state index contributed by atoms with van der Waals surface area (Å²) in [6.07, 6.45) is 3.49. The molecule has 1 heterocycles. The Kier molecular flexibility index (Phi) is 4.77. The molecule has 0 unspecified atom stereocenters. The van der Waals surface area contributed by atoms with Gasteiger partial charge >= 0.3 is 5.97 Å². The first kappa shape index (κ1) is 19.4. The summed E-state index contributed by atoms with van der Waals surface area (Å²) in [6.45, 7) is 6.96. The first-order valence-electron chi connectivity index (χ1n) is 10.1. The van der Waals surface area contributed by atoms with Gasteiger partial charge in [0.2, 0.25) is 0 Å². The van der Waals surface area contributed by atoms with Crippen LogP contribution in [0, 0.1) is 0 Å². The predicted octanol–water partition coefficient (Wildman–Crippen LogP) is 4.74. The lowest BCUT2D eigenvalue weighted by atomic mass is 9.99. The standard InChI is InChI=1S/C24H26N2O3/c1-15(27)23-20-13-19(18-9-8-16-6-5-7-17(16)12-18)10-11-21(20)26(25-23)14-22(28)29-24(2,3)4/h8-13H,5-7,14H2,1-4H3. The van der Waals surface area contributed by atoms with Crippen molar-refractivity contribution < 1.29 is 14.3 Å². The van der Waals surface area contributed by atoms with E-state index in [1.54, 1.807) is 4.68 Å². The maximum absolute atomic E-state index is 12.3. The molecule has 0 fully saturated rings. The van der Waals surface area contributed by atoms with E-state index in [0.29, 0.717) is 5.69 Å². The van der Waals surface area contributed by atoms with Gasteiger partial charge in [0.1, 0.15) is 17.8 Å². The van der Waals surface area contributed by atoms with Gasteiger partial charge in [-0.05, 0) is 74.4 Å². The topological polar surface area (TPSA) is 61.2 Å². The fraction of sp³-hybridized carbons (Fsp3) is 0.375. The highest BCUT2D eigenvalue weighted by Crippen LogP contribution is 2.31. The average Bonchev–Trinajstić information content (AvgIpc) is 3.23. The summed E-state index contributed by atoms with van der Waals surface area (Å²) in [5.74, 6) is -0.497. The minimum Gasteiger partial charge on any atom is -0.459 e. The van der Waals surface area contributed by atoms with Gasteiger partial charge in [-0.25, -0.2) is 0 Å². The van der Waals surface area contributed by atoms with Crippen molar-refractivity contribution in [3.05, 3.63) is 53.2 Å². The number of nitrogens with zero attached hydrogens (tertiary/aromatic N) is 2. The van der Waals surface area contributed by atoms with Crippen molar-refractivity contribution in [3.8, 4) is 11.1 Å². The van der Waals surface area contributed by atoms with Gasteiger partial charge in [-0.1, -0.05) is 24.3 Å². The second kappa shape index (κ2) is 7.14. The Morgan fingerprint density at radius 2 is 1.72 bits per heavy atom. The maximum atomic E-state index is 12.3. The third-order valence-corrected chi connectivity index (χ3v) is 5.21. The summed E-state index contributed by atoms with van der Waals surface area (Å²) in [6, 6.07) is 12.6. The molecule has 3 aromatic rings. The van der Waals surface area contributed by atoms with Crippen molar-refractivity contribution in [1.82, 2.24) is 9.78 Å². The van der Waals surface area contributed by atoms with Crippen LogP contribution < -0.4 is 0 Å². The highest BCUT2D eigenvalue weighted by atomic mass is 16.6. The quantitative estimate of drug-likeness (QED) is 0.477. The van der Waals surface area contributed by atoms with Gasteiger partial charge in [-0.2, -0.15) is 5.10 Å². The molecule has 0 atom stereocenters. The molecular formula is C24H26N2O3. The van der Waals surface area contributed by atoms with Crippen LogP contribution in [-0.2, 0) is 28.9 Å². The second-order valence-electron chi connectivity index (χ2n) is 8.72. The Bertz CT molecular complexity index is 1120. The minimum atomic E-state index is -0.565. The van der Waals surface area contributed by atoms with Gasteiger partial charge in [0.25, 0.3) is 0 Å². The van der Waals surface area contributed by atoms with E-state index >= 15 is 0 Å². The molecule has 0 saturated heterocycles. The Labute approximate surface area is 170 Å². The largest absolute Gasteiger partial charge is 0.459 e. The minimum absolute atomic E-state index is 0.0285. The molecule has 1 aliphatic carbocycles. The number of hydrogen-bond acceptors (Lipinski definition) is 4. The molecule has 29 heavy (non-hydrogen) atoms. The molecular weight excluding hydrogens is 364 g/mol. The Morgan fingerprint density at radius 1 is 1.03 bits per heavy atom. The van der Waals surface area contributed by atoms with Gasteiger partial charge in [0.05, 0.1) is 5.52 Å². The molecule has 1 aliphatic rings. The van der Waals surface area contributed by atoms with Crippen molar-refractivity contribution in [2.24, 2.45) is 0 Å². The molecule has 0 bridgehead atoms. The lowest BCUT2D eigenvalue weighted by molar-refractivity contribution is -0.155. The summed E-state index contributed by atoms with van der Waals surface area (Å²) >= 11 is 0. The van der Waals surface area contributed by atoms with E-state index in [4.69, 9.17) is 4.74 Å². The molecule has 2 aromatic carbocycles. The lowest BCUT2D eigenvalue weighted by Gasteiger charge is -2.19. The Balaban J connectivity index is 1.73. The van der Waals surface area contributed by atoms with Gasteiger partial charge in [-0.15, -0.1) is 0 Å². The number of hydrogen-bond donors (Lipinski definition) is 0. The average molecular weight is 390 g/mol. The molecule has 5 heteroatoms. The predicted molar refractivity (Wildman–Crippen MR) is 113 cm³/mol. The van der Waals surface area contributed by atoms with E-state index in [-0.39, 0.29) is 18.3 Å². The van der Waals surface area contributed by atoms with Crippen LogP contribution >= 0.6 is 0 Å². The lowest BCUT2D eigenvalue weighted by Crippen LogP contribution is -2.26. The van der Waals surface area contributed by atoms with Crippen molar-refractivity contribution in [2.45, 2.75) is 59.1 Å². The summed E-state index contributed by atoms with van der Waals surface area (Å²) < 4.78 is 6.97. The van der Waals surface area contributed by atoms with E-state index in [1.165, 1.54) is 24.5 Å². The third-order valence-electron chi connectivity index (χ3n) is 5.21. The van der Waals surface area contributed by atoms with Crippen molar-refractivity contribution in [2.75, 3.05) is 0 Å². The van der Waals surface area contributed by atoms with Crippen LogP contribution in [-0.4, -0.2) is 27.1 Å². The van der Waals surface area contributed by atoms with E-state index < -0.39 is 5.60 Å². The summed E-state index contributed by atoms with van der Waals surface area (Å²) in [7, 11) is 0. The van der Waals surface area contributed by atoms with Gasteiger partial charge < -0.3 is 4.74 Å². The number of benzene rings is 2. The van der Waals surface area contributed by atoms with E-state index in [2.05, 4.69) is 23.3 Å². The second-order valence-corrected chi connectivity index (χ2v) is 8.72. The van der Waals surface area contributed by atoms with E-state index in [0.717, 1.165) is 34.9 Å². The Hall–Kier alpha value is -2.95. The van der Waals surface area contributed by atoms with Gasteiger partial charge in [0.15, 0.2) is 5.78 Å². The van der Waals surface area contributed by atoms with Crippen molar-refractivity contribution in [1.29, 1.82) is 0 Å². The number of Topliss-reactive ketones (excluding diaryl/α,β-unsaturated/α-hetero) is 1. The summed E-state index contributed by atoms with van der Waals surface area (Å²) in [5, 5.41) is 5.18. The highest BCUT2D eigenvalue weighted by Gasteiger charge is 2.21. The highest BCUT2D eigenvalue weighted by molar-refractivity contribution is 6.06.